The summed E-state index contributed by atoms with van der Waals surface area (Å²) in [4.78, 5) is 35.4. The van der Waals surface area contributed by atoms with Gasteiger partial charge in [-0.15, -0.1) is 0 Å². The molecule has 1 unspecified atom stereocenters. The van der Waals surface area contributed by atoms with Crippen LogP contribution in [-0.4, -0.2) is 64.9 Å². The molecule has 2 heterocycles. The first-order valence-electron chi connectivity index (χ1n) is 10.6. The van der Waals surface area contributed by atoms with Crippen LogP contribution in [0, 0.1) is 5.92 Å². The predicted molar refractivity (Wildman–Crippen MR) is 123 cm³/mol. The summed E-state index contributed by atoms with van der Waals surface area (Å²) < 4.78 is 37.5. The maximum absolute atomic E-state index is 12.7. The number of H-pyrrole nitrogens is 1. The molecule has 0 radical (unpaired) electrons. The number of carboxylic acid groups (broad SMARTS) is 1. The minimum Gasteiger partial charge on any atom is -0.492 e. The normalized spacial score (nSPS) is 14.4. The Hall–Kier alpha value is -4.35. The number of nitrogens with zero attached hydrogens (tertiary/aromatic N) is 2. The van der Waals surface area contributed by atoms with Gasteiger partial charge in [-0.1, -0.05) is 12.1 Å². The van der Waals surface area contributed by atoms with Crippen LogP contribution in [0.25, 0.3) is 11.1 Å². The summed E-state index contributed by atoms with van der Waals surface area (Å²) in [6, 6.07) is 13.0. The first kappa shape index (κ1) is 26.3. The van der Waals surface area contributed by atoms with E-state index in [1.54, 1.807) is 32.4 Å². The Morgan fingerprint density at radius 2 is 1.78 bits per heavy atom. The monoisotopic (exact) mass is 504 g/mol. The maximum atomic E-state index is 12.7. The van der Waals surface area contributed by atoms with Crippen LogP contribution in [-0.2, 0) is 16.0 Å². The summed E-state index contributed by atoms with van der Waals surface area (Å²) >= 11 is 0. The smallest absolute Gasteiger partial charge is 0.490 e. The van der Waals surface area contributed by atoms with Gasteiger partial charge in [-0.25, -0.2) is 4.79 Å². The number of halogens is 3. The fraction of sp³-hybridized carbons (Fsp3) is 0.250. The lowest BCUT2D eigenvalue weighted by Gasteiger charge is -2.25. The van der Waals surface area contributed by atoms with E-state index >= 15 is 0 Å². The van der Waals surface area contributed by atoms with Crippen LogP contribution in [0.4, 0.5) is 18.9 Å². The molecule has 0 saturated heterocycles. The number of ether oxygens (including phenoxy) is 1. The van der Waals surface area contributed by atoms with Gasteiger partial charge >= 0.3 is 12.1 Å². The molecule has 12 heteroatoms. The van der Waals surface area contributed by atoms with Crippen LogP contribution in [0.1, 0.15) is 15.9 Å². The fourth-order valence-electron chi connectivity index (χ4n) is 3.35. The number of alkyl halides is 3. The highest BCUT2D eigenvalue weighted by Gasteiger charge is 2.38. The summed E-state index contributed by atoms with van der Waals surface area (Å²) in [5, 5.41) is 16.8. The first-order chi connectivity index (χ1) is 17.0. The van der Waals surface area contributed by atoms with E-state index in [2.05, 4.69) is 15.5 Å². The molecule has 1 aliphatic rings. The Labute approximate surface area is 203 Å². The minimum absolute atomic E-state index is 0.0721. The number of carbonyl (C=O) groups is 3. The van der Waals surface area contributed by atoms with Gasteiger partial charge in [0, 0.05) is 37.1 Å². The second-order valence-corrected chi connectivity index (χ2v) is 8.09. The number of amides is 2. The van der Waals surface area contributed by atoms with Gasteiger partial charge < -0.3 is 20.1 Å². The SMILES string of the molecule is CN(C)C(=O)c1ccc2c(c1)CC(C(=O)Nc1ccc(-c3cn[nH]c3)cc1)CO2.O=C(O)C(F)(F)F. The number of aromatic amines is 1. The lowest BCUT2D eigenvalue weighted by atomic mass is 9.94. The topological polar surface area (TPSA) is 125 Å². The van der Waals surface area contributed by atoms with Crippen molar-refractivity contribution in [3.05, 3.63) is 66.0 Å². The molecule has 1 aliphatic heterocycles. The molecule has 4 rings (SSSR count). The number of nitrogens with one attached hydrogen (secondary N) is 2. The van der Waals surface area contributed by atoms with Crippen LogP contribution in [0.15, 0.2) is 54.9 Å². The van der Waals surface area contributed by atoms with E-state index in [1.807, 2.05) is 36.5 Å². The highest BCUT2D eigenvalue weighted by atomic mass is 19.4. The van der Waals surface area contributed by atoms with Gasteiger partial charge in [-0.05, 0) is 47.9 Å². The van der Waals surface area contributed by atoms with Crippen molar-refractivity contribution < 1.29 is 37.4 Å². The van der Waals surface area contributed by atoms with Crippen molar-refractivity contribution in [1.82, 2.24) is 15.1 Å². The van der Waals surface area contributed by atoms with E-state index in [9.17, 15) is 22.8 Å². The number of carboxylic acids is 1. The number of fused-ring (bicyclic) bond motifs is 1. The molecule has 9 nitrogen and oxygen atoms in total. The highest BCUT2D eigenvalue weighted by molar-refractivity contribution is 5.95. The molecule has 2 amide bonds. The van der Waals surface area contributed by atoms with Crippen LogP contribution < -0.4 is 10.1 Å². The molecule has 2 aromatic carbocycles. The van der Waals surface area contributed by atoms with Crippen molar-refractivity contribution in [2.45, 2.75) is 12.6 Å². The van der Waals surface area contributed by atoms with Crippen molar-refractivity contribution in [2.24, 2.45) is 5.92 Å². The number of aromatic nitrogens is 2. The molecule has 0 spiro atoms. The molecule has 0 saturated carbocycles. The largest absolute Gasteiger partial charge is 0.492 e. The zero-order valence-electron chi connectivity index (χ0n) is 19.3. The van der Waals surface area contributed by atoms with Crippen LogP contribution >= 0.6 is 0 Å². The molecule has 0 aliphatic carbocycles. The molecule has 3 aromatic rings. The Morgan fingerprint density at radius 3 is 2.33 bits per heavy atom. The molecule has 1 aromatic heterocycles. The van der Waals surface area contributed by atoms with Crippen molar-refractivity contribution in [3.8, 4) is 16.9 Å². The zero-order valence-corrected chi connectivity index (χ0v) is 19.3. The average Bonchev–Trinajstić information content (AvgIpc) is 3.38. The molecule has 3 N–H and O–H groups in total. The van der Waals surface area contributed by atoms with Gasteiger partial charge in [0.15, 0.2) is 0 Å². The fourth-order valence-corrected chi connectivity index (χ4v) is 3.35. The van der Waals surface area contributed by atoms with E-state index in [4.69, 9.17) is 14.6 Å². The number of benzene rings is 2. The van der Waals surface area contributed by atoms with Crippen molar-refractivity contribution >= 4 is 23.5 Å². The molecule has 36 heavy (non-hydrogen) atoms. The summed E-state index contributed by atoms with van der Waals surface area (Å²) in [6.45, 7) is 0.312. The van der Waals surface area contributed by atoms with E-state index < -0.39 is 12.1 Å². The van der Waals surface area contributed by atoms with Gasteiger partial charge in [0.1, 0.15) is 12.4 Å². The Kier molecular flexibility index (Phi) is 7.97. The molecule has 1 atom stereocenters. The standard InChI is InChI=1S/C22H22N4O3.C2HF3O2/c1-26(2)22(28)15-5-8-20-16(9-15)10-17(13-29-20)21(27)25-19-6-3-14(4-7-19)18-11-23-24-12-18;3-2(4,5)1(6)7/h3-9,11-12,17H,10,13H2,1-2H3,(H,23,24)(H,25,27);(H,6,7). The van der Waals surface area contributed by atoms with Crippen molar-refractivity contribution in [3.63, 3.8) is 0 Å². The lowest BCUT2D eigenvalue weighted by molar-refractivity contribution is -0.192. The Bertz CT molecular complexity index is 1230. The third-order valence-corrected chi connectivity index (χ3v) is 5.22. The van der Waals surface area contributed by atoms with Gasteiger partial charge in [0.2, 0.25) is 5.91 Å². The summed E-state index contributed by atoms with van der Waals surface area (Å²) in [5.41, 5.74) is 4.20. The van der Waals surface area contributed by atoms with Crippen molar-refractivity contribution in [1.29, 1.82) is 0 Å². The van der Waals surface area contributed by atoms with Gasteiger partial charge in [0.05, 0.1) is 12.1 Å². The average molecular weight is 504 g/mol. The van der Waals surface area contributed by atoms with Gasteiger partial charge in [-0.2, -0.15) is 18.3 Å². The maximum Gasteiger partial charge on any atom is 0.490 e. The number of aliphatic carboxylic acids is 1. The number of anilines is 1. The predicted octanol–water partition coefficient (Wildman–Crippen LogP) is 3.60. The quantitative estimate of drug-likeness (QED) is 0.499. The van der Waals surface area contributed by atoms with Gasteiger partial charge in [0.25, 0.3) is 5.91 Å². The number of rotatable bonds is 4. The number of hydrogen-bond acceptors (Lipinski definition) is 5. The number of carbonyl (C=O) groups excluding carboxylic acids is 2. The van der Waals surface area contributed by atoms with Crippen LogP contribution in [0.5, 0.6) is 5.75 Å². The Morgan fingerprint density at radius 1 is 1.11 bits per heavy atom. The lowest BCUT2D eigenvalue weighted by Crippen LogP contribution is -2.33. The van der Waals surface area contributed by atoms with Crippen LogP contribution in [0.2, 0.25) is 0 Å². The Balaban J connectivity index is 0.000000454. The van der Waals surface area contributed by atoms with E-state index in [0.717, 1.165) is 28.1 Å². The molecule has 0 bridgehead atoms. The second-order valence-electron chi connectivity index (χ2n) is 8.09. The highest BCUT2D eigenvalue weighted by Crippen LogP contribution is 2.29. The first-order valence-corrected chi connectivity index (χ1v) is 10.6. The molecular formula is C24H23F3N4O5. The van der Waals surface area contributed by atoms with Crippen molar-refractivity contribution in [2.75, 3.05) is 26.0 Å². The van der Waals surface area contributed by atoms with Gasteiger partial charge in [-0.3, -0.25) is 14.7 Å². The third kappa shape index (κ3) is 6.62. The van der Waals surface area contributed by atoms with E-state index in [0.29, 0.717) is 18.6 Å². The molecular weight excluding hydrogens is 481 g/mol. The second kappa shape index (κ2) is 10.9. The summed E-state index contributed by atoms with van der Waals surface area (Å²) in [6.07, 6.45) is -0.984. The number of hydrogen-bond donors (Lipinski definition) is 3. The third-order valence-electron chi connectivity index (χ3n) is 5.22. The van der Waals surface area contributed by atoms with Crippen LogP contribution in [0.3, 0.4) is 0 Å². The summed E-state index contributed by atoms with van der Waals surface area (Å²) in [7, 11) is 3.43. The van der Waals surface area contributed by atoms with E-state index in [-0.39, 0.29) is 17.7 Å². The zero-order chi connectivity index (χ0) is 26.5. The van der Waals surface area contributed by atoms with E-state index in [1.165, 1.54) is 4.90 Å². The molecule has 0 fully saturated rings. The summed E-state index contributed by atoms with van der Waals surface area (Å²) in [5.74, 6) is -2.52. The molecule has 190 valence electrons. The minimum atomic E-state index is -5.08.